The minimum atomic E-state index is -0.415. The van der Waals surface area contributed by atoms with Gasteiger partial charge in [0.05, 0.1) is 16.1 Å². The van der Waals surface area contributed by atoms with Gasteiger partial charge in [0.15, 0.2) is 11.5 Å². The van der Waals surface area contributed by atoms with Crippen LogP contribution in [0.4, 0.5) is 17.1 Å². The molecule has 8 heteroatoms. The monoisotopic (exact) mass is 400 g/mol. The fourth-order valence-electron chi connectivity index (χ4n) is 3.30. The average molecular weight is 400 g/mol. The van der Waals surface area contributed by atoms with E-state index >= 15 is 0 Å². The van der Waals surface area contributed by atoms with E-state index in [1.807, 2.05) is 48.6 Å². The van der Waals surface area contributed by atoms with Gasteiger partial charge in [-0.2, -0.15) is 5.10 Å². The van der Waals surface area contributed by atoms with Gasteiger partial charge in [0.2, 0.25) is 6.79 Å². The molecule has 0 fully saturated rings. The molecular formula is C22H16N4O4. The second-order valence-electron chi connectivity index (χ2n) is 6.75. The minimum Gasteiger partial charge on any atom is -0.454 e. The lowest BCUT2D eigenvalue weighted by Gasteiger charge is -2.06. The summed E-state index contributed by atoms with van der Waals surface area (Å²) < 4.78 is 10.7. The third-order valence-electron chi connectivity index (χ3n) is 4.77. The van der Waals surface area contributed by atoms with E-state index in [4.69, 9.17) is 9.47 Å². The molecule has 0 amide bonds. The lowest BCUT2D eigenvalue weighted by atomic mass is 10.1. The molecular weight excluding hydrogens is 384 g/mol. The Morgan fingerprint density at radius 3 is 2.77 bits per heavy atom. The van der Waals surface area contributed by atoms with Gasteiger partial charge in [-0.3, -0.25) is 15.2 Å². The van der Waals surface area contributed by atoms with Gasteiger partial charge in [-0.15, -0.1) is 0 Å². The number of nitro groups is 1. The number of rotatable bonds is 5. The second kappa shape index (κ2) is 7.25. The van der Waals surface area contributed by atoms with Crippen LogP contribution in [0.5, 0.6) is 11.5 Å². The van der Waals surface area contributed by atoms with Crippen molar-refractivity contribution in [1.82, 2.24) is 10.2 Å². The summed E-state index contributed by atoms with van der Waals surface area (Å²) in [5.74, 6) is 1.49. The van der Waals surface area contributed by atoms with E-state index in [1.165, 1.54) is 12.1 Å². The molecule has 0 radical (unpaired) electrons. The first-order valence-electron chi connectivity index (χ1n) is 9.23. The van der Waals surface area contributed by atoms with Crippen molar-refractivity contribution >= 4 is 40.1 Å². The fraction of sp³-hybridized carbons (Fsp3) is 0.0455. The van der Waals surface area contributed by atoms with Crippen LogP contribution in [0.3, 0.4) is 0 Å². The number of H-pyrrole nitrogens is 1. The molecule has 4 aromatic rings. The van der Waals surface area contributed by atoms with E-state index in [9.17, 15) is 10.1 Å². The van der Waals surface area contributed by atoms with Crippen molar-refractivity contribution in [3.05, 3.63) is 82.0 Å². The smallest absolute Gasteiger partial charge is 0.271 e. The molecule has 0 unspecified atom stereocenters. The average Bonchev–Trinajstić information content (AvgIpc) is 3.38. The zero-order valence-electron chi connectivity index (χ0n) is 15.7. The zero-order chi connectivity index (χ0) is 20.5. The molecule has 0 atom stereocenters. The van der Waals surface area contributed by atoms with Crippen molar-refractivity contribution in [2.45, 2.75) is 0 Å². The number of fused-ring (bicyclic) bond motifs is 2. The van der Waals surface area contributed by atoms with Crippen molar-refractivity contribution in [1.29, 1.82) is 0 Å². The molecule has 0 saturated carbocycles. The fourth-order valence-corrected chi connectivity index (χ4v) is 3.30. The number of aromatic amines is 1. The molecule has 0 spiro atoms. The van der Waals surface area contributed by atoms with Gasteiger partial charge < -0.3 is 14.8 Å². The molecule has 1 aromatic heterocycles. The number of hydrogen-bond acceptors (Lipinski definition) is 6. The van der Waals surface area contributed by atoms with Crippen LogP contribution in [0.15, 0.2) is 60.7 Å². The SMILES string of the molecule is O=[N+]([O-])c1cccc(Nc2ccc3c(/C=C/c4ccc5c(c4)OCO5)n[nH]c3c2)c1. The van der Waals surface area contributed by atoms with Crippen LogP contribution in [0.2, 0.25) is 0 Å². The van der Waals surface area contributed by atoms with Crippen molar-refractivity contribution in [2.75, 3.05) is 12.1 Å². The van der Waals surface area contributed by atoms with E-state index < -0.39 is 4.92 Å². The van der Waals surface area contributed by atoms with Crippen LogP contribution < -0.4 is 14.8 Å². The third-order valence-corrected chi connectivity index (χ3v) is 4.77. The van der Waals surface area contributed by atoms with Gasteiger partial charge in [0, 0.05) is 28.9 Å². The number of nitrogens with one attached hydrogen (secondary N) is 2. The summed E-state index contributed by atoms with van der Waals surface area (Å²) in [4.78, 5) is 10.5. The predicted molar refractivity (Wildman–Crippen MR) is 114 cm³/mol. The number of hydrogen-bond donors (Lipinski definition) is 2. The molecule has 5 rings (SSSR count). The van der Waals surface area contributed by atoms with E-state index in [1.54, 1.807) is 12.1 Å². The zero-order valence-corrected chi connectivity index (χ0v) is 15.7. The van der Waals surface area contributed by atoms with Crippen LogP contribution in [-0.2, 0) is 0 Å². The maximum atomic E-state index is 10.9. The predicted octanol–water partition coefficient (Wildman–Crippen LogP) is 5.11. The first kappa shape index (κ1) is 17.7. The summed E-state index contributed by atoms with van der Waals surface area (Å²) in [5, 5.41) is 22.5. The number of non-ortho nitro benzene ring substituents is 1. The first-order valence-corrected chi connectivity index (χ1v) is 9.23. The minimum absolute atomic E-state index is 0.0403. The number of nitrogens with zero attached hydrogens (tertiary/aromatic N) is 2. The Morgan fingerprint density at radius 2 is 1.87 bits per heavy atom. The van der Waals surface area contributed by atoms with Gasteiger partial charge >= 0.3 is 0 Å². The van der Waals surface area contributed by atoms with Crippen LogP contribution >= 0.6 is 0 Å². The molecule has 8 nitrogen and oxygen atoms in total. The maximum absolute atomic E-state index is 10.9. The summed E-state index contributed by atoms with van der Waals surface area (Å²) >= 11 is 0. The highest BCUT2D eigenvalue weighted by Crippen LogP contribution is 2.33. The second-order valence-corrected chi connectivity index (χ2v) is 6.75. The Labute approximate surface area is 170 Å². The summed E-state index contributed by atoms with van der Waals surface area (Å²) in [6, 6.07) is 17.9. The summed E-state index contributed by atoms with van der Waals surface area (Å²) in [6.45, 7) is 0.249. The highest BCUT2D eigenvalue weighted by Gasteiger charge is 2.12. The summed E-state index contributed by atoms with van der Waals surface area (Å²) in [5.41, 5.74) is 4.14. The Kier molecular flexibility index (Phi) is 4.29. The molecule has 2 heterocycles. The van der Waals surface area contributed by atoms with Crippen LogP contribution in [0.1, 0.15) is 11.3 Å². The van der Waals surface area contributed by atoms with Crippen molar-refractivity contribution in [3.8, 4) is 11.5 Å². The Morgan fingerprint density at radius 1 is 1.00 bits per heavy atom. The third kappa shape index (κ3) is 3.42. The molecule has 1 aliphatic rings. The highest BCUT2D eigenvalue weighted by atomic mass is 16.7. The van der Waals surface area contributed by atoms with Gasteiger partial charge in [0.25, 0.3) is 5.69 Å². The van der Waals surface area contributed by atoms with Crippen LogP contribution in [0, 0.1) is 10.1 Å². The number of nitro benzene ring substituents is 1. The topological polar surface area (TPSA) is 102 Å². The summed E-state index contributed by atoms with van der Waals surface area (Å²) in [6.07, 6.45) is 3.90. The molecule has 148 valence electrons. The lowest BCUT2D eigenvalue weighted by Crippen LogP contribution is -1.92. The van der Waals surface area contributed by atoms with Crippen molar-refractivity contribution in [3.63, 3.8) is 0 Å². The molecule has 30 heavy (non-hydrogen) atoms. The quantitative estimate of drug-likeness (QED) is 0.356. The summed E-state index contributed by atoms with van der Waals surface area (Å²) in [7, 11) is 0. The van der Waals surface area contributed by atoms with E-state index in [2.05, 4.69) is 15.5 Å². The molecule has 0 saturated heterocycles. The standard InChI is InChI=1S/C22H16N4O4/c27-26(28)17-3-1-2-15(11-17)23-16-6-7-18-19(24-25-20(18)12-16)8-4-14-5-9-21-22(10-14)30-13-29-21/h1-12,23H,13H2,(H,24,25)/b8-4+. The Bertz CT molecular complexity index is 1300. The normalized spacial score (nSPS) is 12.5. The number of ether oxygens (including phenoxy) is 2. The van der Waals surface area contributed by atoms with E-state index in [0.29, 0.717) is 5.69 Å². The molecule has 3 aromatic carbocycles. The lowest BCUT2D eigenvalue weighted by molar-refractivity contribution is -0.384. The van der Waals surface area contributed by atoms with Gasteiger partial charge in [-0.05, 0) is 48.0 Å². The van der Waals surface area contributed by atoms with Crippen molar-refractivity contribution in [2.24, 2.45) is 0 Å². The Balaban J connectivity index is 1.37. The largest absolute Gasteiger partial charge is 0.454 e. The van der Waals surface area contributed by atoms with Crippen LogP contribution in [0.25, 0.3) is 23.1 Å². The Hall–Kier alpha value is -4.33. The molecule has 0 bridgehead atoms. The van der Waals surface area contributed by atoms with Gasteiger partial charge in [-0.1, -0.05) is 18.2 Å². The maximum Gasteiger partial charge on any atom is 0.271 e. The number of aromatic nitrogens is 2. The van der Waals surface area contributed by atoms with Crippen molar-refractivity contribution < 1.29 is 14.4 Å². The van der Waals surface area contributed by atoms with Gasteiger partial charge in [-0.25, -0.2) is 0 Å². The highest BCUT2D eigenvalue weighted by molar-refractivity contribution is 5.91. The molecule has 0 aliphatic carbocycles. The number of anilines is 2. The molecule has 2 N–H and O–H groups in total. The van der Waals surface area contributed by atoms with E-state index in [0.717, 1.165) is 39.3 Å². The molecule has 1 aliphatic heterocycles. The van der Waals surface area contributed by atoms with E-state index in [-0.39, 0.29) is 12.5 Å². The van der Waals surface area contributed by atoms with Crippen LogP contribution in [-0.4, -0.2) is 21.9 Å². The number of benzene rings is 3. The van der Waals surface area contributed by atoms with Gasteiger partial charge in [0.1, 0.15) is 0 Å². The first-order chi connectivity index (χ1) is 14.7.